The van der Waals surface area contributed by atoms with Crippen LogP contribution in [0.2, 0.25) is 0 Å². The Kier molecular flexibility index (Phi) is 4.68. The summed E-state index contributed by atoms with van der Waals surface area (Å²) in [7, 11) is 0. The average molecular weight is 285 g/mol. The maximum absolute atomic E-state index is 5.47. The fraction of sp³-hybridized carbons (Fsp3) is 0.471. The quantitative estimate of drug-likeness (QED) is 0.857. The third-order valence-corrected chi connectivity index (χ3v) is 3.83. The molecular weight excluding hydrogens is 262 g/mol. The average Bonchev–Trinajstić information content (AvgIpc) is 2.55. The molecule has 1 N–H and O–H groups in total. The van der Waals surface area contributed by atoms with E-state index in [0.717, 1.165) is 57.0 Å². The van der Waals surface area contributed by atoms with Gasteiger partial charge in [-0.15, -0.1) is 0 Å². The monoisotopic (exact) mass is 285 g/mol. The lowest BCUT2D eigenvalue weighted by atomic mass is 10.1. The highest BCUT2D eigenvalue weighted by Crippen LogP contribution is 2.27. The number of rotatable bonds is 5. The second-order valence-electron chi connectivity index (χ2n) is 5.43. The van der Waals surface area contributed by atoms with E-state index in [9.17, 15) is 0 Å². The van der Waals surface area contributed by atoms with E-state index >= 15 is 0 Å². The number of para-hydroxylation sites is 1. The van der Waals surface area contributed by atoms with Crippen molar-refractivity contribution in [3.8, 4) is 0 Å². The molecule has 1 aliphatic heterocycles. The Morgan fingerprint density at radius 3 is 2.86 bits per heavy atom. The van der Waals surface area contributed by atoms with Crippen LogP contribution in [0.1, 0.15) is 19.0 Å². The molecule has 0 unspecified atom stereocenters. The first kappa shape index (κ1) is 14.3. The number of nitrogens with zero attached hydrogens (tertiary/aromatic N) is 2. The Bertz CT molecular complexity index is 594. The molecule has 2 heterocycles. The second kappa shape index (κ2) is 6.87. The van der Waals surface area contributed by atoms with Gasteiger partial charge in [0.25, 0.3) is 0 Å². The van der Waals surface area contributed by atoms with Gasteiger partial charge in [0.2, 0.25) is 0 Å². The minimum Gasteiger partial charge on any atom is -0.378 e. The third-order valence-electron chi connectivity index (χ3n) is 3.83. The van der Waals surface area contributed by atoms with Gasteiger partial charge in [-0.05, 0) is 25.1 Å². The molecule has 0 saturated carbocycles. The Morgan fingerprint density at radius 2 is 2.05 bits per heavy atom. The van der Waals surface area contributed by atoms with E-state index in [-0.39, 0.29) is 0 Å². The zero-order chi connectivity index (χ0) is 14.5. The summed E-state index contributed by atoms with van der Waals surface area (Å²) in [5.74, 6) is 0. The number of anilines is 1. The highest BCUT2D eigenvalue weighted by atomic mass is 16.5. The normalized spacial score (nSPS) is 15.6. The topological polar surface area (TPSA) is 37.4 Å². The summed E-state index contributed by atoms with van der Waals surface area (Å²) in [5, 5.41) is 4.68. The van der Waals surface area contributed by atoms with Crippen molar-refractivity contribution in [2.45, 2.75) is 19.9 Å². The highest BCUT2D eigenvalue weighted by Gasteiger charge is 2.15. The van der Waals surface area contributed by atoms with E-state index in [4.69, 9.17) is 9.72 Å². The van der Waals surface area contributed by atoms with Crippen molar-refractivity contribution in [1.82, 2.24) is 10.3 Å². The fourth-order valence-electron chi connectivity index (χ4n) is 2.76. The van der Waals surface area contributed by atoms with Crippen LogP contribution in [0.4, 0.5) is 5.69 Å². The number of benzene rings is 1. The molecular formula is C17H23N3O. The summed E-state index contributed by atoms with van der Waals surface area (Å²) in [6.45, 7) is 7.56. The molecule has 3 rings (SSSR count). The summed E-state index contributed by atoms with van der Waals surface area (Å²) < 4.78 is 5.47. The largest absolute Gasteiger partial charge is 0.378 e. The number of hydrogen-bond donors (Lipinski definition) is 1. The van der Waals surface area contributed by atoms with Gasteiger partial charge in [-0.3, -0.25) is 4.98 Å². The lowest BCUT2D eigenvalue weighted by molar-refractivity contribution is 0.123. The van der Waals surface area contributed by atoms with Crippen molar-refractivity contribution in [3.63, 3.8) is 0 Å². The number of fused-ring (bicyclic) bond motifs is 1. The van der Waals surface area contributed by atoms with Crippen molar-refractivity contribution in [1.29, 1.82) is 0 Å². The lowest BCUT2D eigenvalue weighted by Gasteiger charge is -2.30. The molecule has 2 aromatic rings. The van der Waals surface area contributed by atoms with Crippen LogP contribution in [0, 0.1) is 0 Å². The van der Waals surface area contributed by atoms with Crippen molar-refractivity contribution in [2.24, 2.45) is 0 Å². The van der Waals surface area contributed by atoms with Crippen LogP contribution in [0.5, 0.6) is 0 Å². The Hall–Kier alpha value is -1.65. The van der Waals surface area contributed by atoms with Gasteiger partial charge in [0.15, 0.2) is 0 Å². The van der Waals surface area contributed by atoms with Crippen LogP contribution in [-0.4, -0.2) is 37.8 Å². The van der Waals surface area contributed by atoms with Gasteiger partial charge in [-0.25, -0.2) is 0 Å². The van der Waals surface area contributed by atoms with E-state index in [0.29, 0.717) is 0 Å². The number of pyridine rings is 1. The maximum atomic E-state index is 5.47. The first-order valence-electron chi connectivity index (χ1n) is 7.80. The van der Waals surface area contributed by atoms with E-state index < -0.39 is 0 Å². The number of ether oxygens (including phenoxy) is 1. The molecule has 1 fully saturated rings. The molecule has 0 atom stereocenters. The molecule has 4 heteroatoms. The van der Waals surface area contributed by atoms with Gasteiger partial charge in [-0.2, -0.15) is 0 Å². The van der Waals surface area contributed by atoms with Crippen LogP contribution in [-0.2, 0) is 11.3 Å². The molecule has 1 aliphatic rings. The molecule has 1 aromatic carbocycles. The van der Waals surface area contributed by atoms with Gasteiger partial charge in [0.05, 0.1) is 24.4 Å². The smallest absolute Gasteiger partial charge is 0.0726 e. The zero-order valence-corrected chi connectivity index (χ0v) is 12.6. The second-order valence-corrected chi connectivity index (χ2v) is 5.43. The van der Waals surface area contributed by atoms with E-state index in [2.05, 4.69) is 47.5 Å². The fourth-order valence-corrected chi connectivity index (χ4v) is 2.76. The lowest BCUT2D eigenvalue weighted by Crippen LogP contribution is -2.36. The van der Waals surface area contributed by atoms with Crippen molar-refractivity contribution >= 4 is 16.6 Å². The van der Waals surface area contributed by atoms with Gasteiger partial charge in [0.1, 0.15) is 0 Å². The molecule has 0 radical (unpaired) electrons. The molecule has 1 aromatic heterocycles. The van der Waals surface area contributed by atoms with Crippen LogP contribution in [0.25, 0.3) is 10.9 Å². The molecule has 0 spiro atoms. The van der Waals surface area contributed by atoms with Crippen LogP contribution >= 0.6 is 0 Å². The molecule has 0 aliphatic carbocycles. The Morgan fingerprint density at radius 1 is 1.24 bits per heavy atom. The predicted octanol–water partition coefficient (Wildman–Crippen LogP) is 2.57. The van der Waals surface area contributed by atoms with Crippen LogP contribution in [0.15, 0.2) is 30.3 Å². The maximum Gasteiger partial charge on any atom is 0.0726 e. The number of morpholine rings is 1. The zero-order valence-electron chi connectivity index (χ0n) is 12.6. The SMILES string of the molecule is CCCNCc1cc(N2CCOCC2)c2ccccc2n1. The standard InChI is InChI=1S/C17H23N3O/c1-2-7-18-13-14-12-17(20-8-10-21-11-9-20)15-5-3-4-6-16(15)19-14/h3-6,12,18H,2,7-11,13H2,1H3. The number of aromatic nitrogens is 1. The van der Waals surface area contributed by atoms with E-state index in [1.807, 2.05) is 0 Å². The van der Waals surface area contributed by atoms with Crippen molar-refractivity contribution in [2.75, 3.05) is 37.7 Å². The molecule has 112 valence electrons. The van der Waals surface area contributed by atoms with Gasteiger partial charge in [-0.1, -0.05) is 25.1 Å². The first-order chi connectivity index (χ1) is 10.4. The summed E-state index contributed by atoms with van der Waals surface area (Å²) in [6, 6.07) is 10.6. The van der Waals surface area contributed by atoms with Crippen LogP contribution < -0.4 is 10.2 Å². The molecule has 0 bridgehead atoms. The van der Waals surface area contributed by atoms with Gasteiger partial charge < -0.3 is 15.0 Å². The minimum absolute atomic E-state index is 0.806. The third kappa shape index (κ3) is 3.34. The molecule has 0 amide bonds. The summed E-state index contributed by atoms with van der Waals surface area (Å²) >= 11 is 0. The number of nitrogens with one attached hydrogen (secondary N) is 1. The summed E-state index contributed by atoms with van der Waals surface area (Å²) in [6.07, 6.45) is 1.14. The highest BCUT2D eigenvalue weighted by molar-refractivity contribution is 5.92. The summed E-state index contributed by atoms with van der Waals surface area (Å²) in [4.78, 5) is 7.20. The summed E-state index contributed by atoms with van der Waals surface area (Å²) in [5.41, 5.74) is 3.48. The van der Waals surface area contributed by atoms with Gasteiger partial charge in [0, 0.05) is 30.7 Å². The van der Waals surface area contributed by atoms with Gasteiger partial charge >= 0.3 is 0 Å². The molecule has 1 saturated heterocycles. The van der Waals surface area contributed by atoms with Crippen molar-refractivity contribution < 1.29 is 4.74 Å². The molecule has 4 nitrogen and oxygen atoms in total. The Balaban J connectivity index is 1.94. The number of hydrogen-bond acceptors (Lipinski definition) is 4. The Labute approximate surface area is 126 Å². The van der Waals surface area contributed by atoms with Crippen molar-refractivity contribution in [3.05, 3.63) is 36.0 Å². The molecule has 21 heavy (non-hydrogen) atoms. The van der Waals surface area contributed by atoms with E-state index in [1.54, 1.807) is 0 Å². The van der Waals surface area contributed by atoms with E-state index in [1.165, 1.54) is 11.1 Å². The first-order valence-corrected chi connectivity index (χ1v) is 7.80. The van der Waals surface area contributed by atoms with Crippen LogP contribution in [0.3, 0.4) is 0 Å². The minimum atomic E-state index is 0.806. The predicted molar refractivity (Wildman–Crippen MR) is 86.8 cm³/mol.